The van der Waals surface area contributed by atoms with Crippen molar-refractivity contribution >= 4 is 11.4 Å². The van der Waals surface area contributed by atoms with E-state index in [0.717, 1.165) is 0 Å². The summed E-state index contributed by atoms with van der Waals surface area (Å²) in [5.41, 5.74) is 7.27. The van der Waals surface area contributed by atoms with Gasteiger partial charge in [-0.25, -0.2) is 4.98 Å². The molecule has 1 aromatic heterocycles. The molecule has 0 radical (unpaired) electrons. The first-order valence-electron chi connectivity index (χ1n) is 5.48. The monoisotopic (exact) mass is 253 g/mol. The largest absolute Gasteiger partial charge is 0.392 e. The summed E-state index contributed by atoms with van der Waals surface area (Å²) in [5.74, 6) is 0. The van der Waals surface area contributed by atoms with Gasteiger partial charge in [-0.3, -0.25) is 9.79 Å². The van der Waals surface area contributed by atoms with Crippen LogP contribution in [0.1, 0.15) is 16.8 Å². The number of hydrogen-bond acceptors (Lipinski definition) is 5. The molecule has 2 rings (SSSR count). The molecule has 0 aliphatic carbocycles. The van der Waals surface area contributed by atoms with Gasteiger partial charge in [-0.05, 0) is 12.1 Å². The van der Waals surface area contributed by atoms with Crippen LogP contribution < -0.4 is 11.3 Å². The topological polar surface area (TPSA) is 108 Å². The van der Waals surface area contributed by atoms with E-state index in [2.05, 4.69) is 15.0 Å². The maximum absolute atomic E-state index is 11.5. The van der Waals surface area contributed by atoms with Crippen LogP contribution >= 0.6 is 0 Å². The number of H-pyrrole nitrogens is 1. The molecule has 0 saturated carbocycles. The molecule has 0 unspecified atom stereocenters. The van der Waals surface area contributed by atoms with Crippen molar-refractivity contribution in [3.05, 3.63) is 57.8 Å². The summed E-state index contributed by atoms with van der Waals surface area (Å²) >= 11 is 0. The van der Waals surface area contributed by atoms with E-state index in [1.54, 1.807) is 31.3 Å². The van der Waals surface area contributed by atoms with E-state index in [4.69, 9.17) is 11.0 Å². The van der Waals surface area contributed by atoms with Crippen LogP contribution in [0.25, 0.3) is 0 Å². The average Bonchev–Trinajstić information content (AvgIpc) is 2.44. The van der Waals surface area contributed by atoms with Crippen LogP contribution in [0.5, 0.6) is 0 Å². The first kappa shape index (κ1) is 12.5. The molecule has 2 aromatic rings. The summed E-state index contributed by atoms with van der Waals surface area (Å²) in [7, 11) is 1.58. The fourth-order valence-corrected chi connectivity index (χ4v) is 1.71. The fourth-order valence-electron chi connectivity index (χ4n) is 1.71. The lowest BCUT2D eigenvalue weighted by Crippen LogP contribution is -2.19. The molecule has 3 N–H and O–H groups in total. The quantitative estimate of drug-likeness (QED) is 0.767. The summed E-state index contributed by atoms with van der Waals surface area (Å²) in [6.07, 6.45) is 1.27. The molecule has 6 heteroatoms. The van der Waals surface area contributed by atoms with E-state index >= 15 is 0 Å². The Morgan fingerprint density at radius 2 is 2.32 bits per heavy atom. The maximum Gasteiger partial charge on any atom is 0.274 e. The van der Waals surface area contributed by atoms with Gasteiger partial charge in [-0.2, -0.15) is 5.26 Å². The third-order valence-electron chi connectivity index (χ3n) is 2.60. The number of nitrogens with two attached hydrogens (primary N) is 1. The minimum atomic E-state index is -0.414. The normalized spacial score (nSPS) is 11.1. The Morgan fingerprint density at radius 3 is 3.00 bits per heavy atom. The van der Waals surface area contributed by atoms with E-state index in [1.165, 1.54) is 6.33 Å². The number of nitrogen functional groups attached to an aromatic ring is 1. The van der Waals surface area contributed by atoms with E-state index in [0.29, 0.717) is 22.5 Å². The molecule has 6 nitrogen and oxygen atoms in total. The Kier molecular flexibility index (Phi) is 3.39. The highest BCUT2D eigenvalue weighted by Crippen LogP contribution is 2.13. The van der Waals surface area contributed by atoms with Crippen LogP contribution in [0.4, 0.5) is 5.69 Å². The van der Waals surface area contributed by atoms with Crippen LogP contribution in [0.3, 0.4) is 0 Å². The zero-order valence-electron chi connectivity index (χ0n) is 10.2. The number of rotatable bonds is 2. The van der Waals surface area contributed by atoms with E-state index < -0.39 is 5.56 Å². The lowest BCUT2D eigenvalue weighted by molar-refractivity contribution is 1.11. The molecule has 0 atom stereocenters. The molecule has 0 saturated heterocycles. The minimum absolute atomic E-state index is 0.00506. The SMILES string of the molecule is CN=C(c1cccc(C#N)c1)c1nc[nH]c(=O)c1N. The molecule has 0 aliphatic heterocycles. The van der Waals surface area contributed by atoms with E-state index in [9.17, 15) is 4.79 Å². The van der Waals surface area contributed by atoms with Crippen LogP contribution in [0.15, 0.2) is 40.4 Å². The Balaban J connectivity index is 2.61. The highest BCUT2D eigenvalue weighted by atomic mass is 16.1. The smallest absolute Gasteiger partial charge is 0.274 e. The second kappa shape index (κ2) is 5.14. The number of nitrogens with one attached hydrogen (secondary N) is 1. The zero-order chi connectivity index (χ0) is 13.8. The molecule has 0 bridgehead atoms. The average molecular weight is 253 g/mol. The molecule has 0 aliphatic rings. The Hall–Kier alpha value is -2.94. The first-order valence-corrected chi connectivity index (χ1v) is 5.48. The van der Waals surface area contributed by atoms with E-state index in [1.807, 2.05) is 6.07 Å². The van der Waals surface area contributed by atoms with Crippen LogP contribution in [0, 0.1) is 11.3 Å². The Labute approximate surface area is 109 Å². The number of benzene rings is 1. The zero-order valence-corrected chi connectivity index (χ0v) is 10.2. The second-order valence-electron chi connectivity index (χ2n) is 3.76. The molecule has 1 aromatic carbocycles. The Morgan fingerprint density at radius 1 is 1.53 bits per heavy atom. The van der Waals surface area contributed by atoms with Crippen molar-refractivity contribution in [1.82, 2.24) is 9.97 Å². The number of aliphatic imine (C=N–C) groups is 1. The third kappa shape index (κ3) is 2.35. The summed E-state index contributed by atoms with van der Waals surface area (Å²) in [5, 5.41) is 8.90. The predicted molar refractivity (Wildman–Crippen MR) is 72.0 cm³/mol. The van der Waals surface area contributed by atoms with Crippen LogP contribution in [-0.2, 0) is 0 Å². The highest BCUT2D eigenvalue weighted by molar-refractivity contribution is 6.14. The van der Waals surface area contributed by atoms with Gasteiger partial charge < -0.3 is 10.7 Å². The van der Waals surface area contributed by atoms with Crippen molar-refractivity contribution in [2.75, 3.05) is 12.8 Å². The van der Waals surface area contributed by atoms with Gasteiger partial charge in [0.15, 0.2) is 0 Å². The van der Waals surface area contributed by atoms with Crippen molar-refractivity contribution in [1.29, 1.82) is 5.26 Å². The maximum atomic E-state index is 11.5. The number of aromatic nitrogens is 2. The lowest BCUT2D eigenvalue weighted by atomic mass is 10.0. The van der Waals surface area contributed by atoms with Crippen molar-refractivity contribution < 1.29 is 0 Å². The number of aromatic amines is 1. The number of hydrogen-bond donors (Lipinski definition) is 2. The van der Waals surface area contributed by atoms with Crippen molar-refractivity contribution in [3.8, 4) is 6.07 Å². The van der Waals surface area contributed by atoms with Gasteiger partial charge in [0.25, 0.3) is 5.56 Å². The van der Waals surface area contributed by atoms with Gasteiger partial charge in [0.2, 0.25) is 0 Å². The second-order valence-corrected chi connectivity index (χ2v) is 3.76. The van der Waals surface area contributed by atoms with Crippen molar-refractivity contribution in [2.45, 2.75) is 0 Å². The molecular formula is C13H11N5O. The lowest BCUT2D eigenvalue weighted by Gasteiger charge is -2.07. The summed E-state index contributed by atoms with van der Waals surface area (Å²) in [4.78, 5) is 22.0. The predicted octanol–water partition coefficient (Wildman–Crippen LogP) is 0.691. The van der Waals surface area contributed by atoms with E-state index in [-0.39, 0.29) is 5.69 Å². The van der Waals surface area contributed by atoms with Gasteiger partial charge in [-0.1, -0.05) is 12.1 Å². The van der Waals surface area contributed by atoms with Gasteiger partial charge in [0.05, 0.1) is 23.7 Å². The van der Waals surface area contributed by atoms with Crippen LogP contribution in [0.2, 0.25) is 0 Å². The Bertz CT molecular complexity index is 739. The molecule has 19 heavy (non-hydrogen) atoms. The minimum Gasteiger partial charge on any atom is -0.392 e. The third-order valence-corrected chi connectivity index (χ3v) is 2.60. The molecular weight excluding hydrogens is 242 g/mol. The molecule has 0 amide bonds. The number of nitriles is 1. The summed E-state index contributed by atoms with van der Waals surface area (Å²) in [6.45, 7) is 0. The van der Waals surface area contributed by atoms with Crippen molar-refractivity contribution in [3.63, 3.8) is 0 Å². The molecule has 0 spiro atoms. The van der Waals surface area contributed by atoms with Gasteiger partial charge in [0, 0.05) is 12.6 Å². The van der Waals surface area contributed by atoms with Crippen LogP contribution in [-0.4, -0.2) is 22.7 Å². The summed E-state index contributed by atoms with van der Waals surface area (Å²) in [6, 6.07) is 8.93. The summed E-state index contributed by atoms with van der Waals surface area (Å²) < 4.78 is 0. The molecule has 1 heterocycles. The molecule has 0 fully saturated rings. The number of nitrogens with zero attached hydrogens (tertiary/aromatic N) is 3. The van der Waals surface area contributed by atoms with Crippen molar-refractivity contribution in [2.24, 2.45) is 4.99 Å². The number of anilines is 1. The highest BCUT2D eigenvalue weighted by Gasteiger charge is 2.13. The first-order chi connectivity index (χ1) is 9.17. The van der Waals surface area contributed by atoms with Gasteiger partial charge >= 0.3 is 0 Å². The van der Waals surface area contributed by atoms with Gasteiger partial charge in [-0.15, -0.1) is 0 Å². The van der Waals surface area contributed by atoms with Gasteiger partial charge in [0.1, 0.15) is 11.4 Å². The standard InChI is InChI=1S/C13H11N5O/c1-16-11(9-4-2-3-8(5-9)6-14)12-10(15)13(19)18-7-17-12/h2-5,7H,15H2,1H3,(H,17,18,19). The molecule has 94 valence electrons. The fraction of sp³-hybridized carbons (Fsp3) is 0.0769.